The van der Waals surface area contributed by atoms with E-state index in [1.807, 2.05) is 31.2 Å². The van der Waals surface area contributed by atoms with Gasteiger partial charge in [0.05, 0.1) is 12.2 Å². The molecule has 0 saturated carbocycles. The van der Waals surface area contributed by atoms with Gasteiger partial charge in [0.2, 0.25) is 0 Å². The second kappa shape index (κ2) is 11.3. The van der Waals surface area contributed by atoms with Crippen molar-refractivity contribution in [1.29, 1.82) is 0 Å². The fourth-order valence-corrected chi connectivity index (χ4v) is 2.89. The number of anilines is 1. The Bertz CT molecular complexity index is 685. The van der Waals surface area contributed by atoms with Crippen LogP contribution in [0.1, 0.15) is 68.3 Å². The van der Waals surface area contributed by atoms with E-state index in [0.29, 0.717) is 29.3 Å². The molecule has 0 atom stereocenters. The van der Waals surface area contributed by atoms with Crippen LogP contribution in [0, 0.1) is 0 Å². The third-order valence-electron chi connectivity index (χ3n) is 4.28. The minimum atomic E-state index is -0.0369. The maximum Gasteiger partial charge on any atom is 0.196 e. The number of ketones is 1. The van der Waals surface area contributed by atoms with Crippen molar-refractivity contribution in [3.05, 3.63) is 53.7 Å². The Morgan fingerprint density at radius 3 is 2.65 bits per heavy atom. The Morgan fingerprint density at radius 2 is 1.85 bits per heavy atom. The van der Waals surface area contributed by atoms with Gasteiger partial charge in [0.1, 0.15) is 11.6 Å². The number of unbranched alkanes of at least 4 members (excludes halogenated alkanes) is 5. The molecule has 0 bridgehead atoms. The maximum atomic E-state index is 12.9. The number of ether oxygens (including phenoxy) is 1. The molecule has 4 nitrogen and oxygen atoms in total. The summed E-state index contributed by atoms with van der Waals surface area (Å²) in [5, 5.41) is 3.33. The van der Waals surface area contributed by atoms with E-state index in [9.17, 15) is 4.79 Å². The minimum Gasteiger partial charge on any atom is -0.494 e. The lowest BCUT2D eigenvalue weighted by atomic mass is 10.0. The van der Waals surface area contributed by atoms with Gasteiger partial charge in [-0.15, -0.1) is 0 Å². The van der Waals surface area contributed by atoms with Crippen molar-refractivity contribution in [3.8, 4) is 5.75 Å². The summed E-state index contributed by atoms with van der Waals surface area (Å²) in [5.41, 5.74) is 1.22. The van der Waals surface area contributed by atoms with Gasteiger partial charge in [-0.3, -0.25) is 4.79 Å². The lowest BCUT2D eigenvalue weighted by Crippen LogP contribution is -2.10. The number of aromatic nitrogens is 1. The van der Waals surface area contributed by atoms with Crippen molar-refractivity contribution >= 4 is 11.6 Å². The molecule has 0 amide bonds. The second-order valence-electron chi connectivity index (χ2n) is 6.38. The summed E-state index contributed by atoms with van der Waals surface area (Å²) in [6.07, 6.45) is 9.17. The van der Waals surface area contributed by atoms with Gasteiger partial charge < -0.3 is 10.1 Å². The molecule has 0 spiro atoms. The number of nitrogens with zero attached hydrogens (tertiary/aromatic N) is 1. The number of benzene rings is 1. The van der Waals surface area contributed by atoms with Crippen LogP contribution in [0.5, 0.6) is 5.75 Å². The topological polar surface area (TPSA) is 51.2 Å². The first-order valence-electron chi connectivity index (χ1n) is 9.72. The zero-order valence-electron chi connectivity index (χ0n) is 16.0. The molecule has 1 aromatic carbocycles. The van der Waals surface area contributed by atoms with Gasteiger partial charge in [-0.05, 0) is 37.6 Å². The molecule has 0 radical (unpaired) electrons. The average Bonchev–Trinajstić information content (AvgIpc) is 2.67. The van der Waals surface area contributed by atoms with E-state index < -0.39 is 0 Å². The van der Waals surface area contributed by atoms with Crippen LogP contribution in [0.25, 0.3) is 0 Å². The highest BCUT2D eigenvalue weighted by atomic mass is 16.5. The predicted octanol–water partition coefficient (Wildman–Crippen LogP) is 5.48. The first-order valence-corrected chi connectivity index (χ1v) is 9.72. The van der Waals surface area contributed by atoms with Gasteiger partial charge in [0, 0.05) is 18.3 Å². The van der Waals surface area contributed by atoms with Crippen LogP contribution in [0.4, 0.5) is 5.82 Å². The first-order chi connectivity index (χ1) is 12.8. The molecule has 2 rings (SSSR count). The highest BCUT2D eigenvalue weighted by Crippen LogP contribution is 2.20. The average molecular weight is 354 g/mol. The second-order valence-corrected chi connectivity index (χ2v) is 6.38. The highest BCUT2D eigenvalue weighted by molar-refractivity contribution is 6.12. The molecule has 140 valence electrons. The van der Waals surface area contributed by atoms with E-state index in [0.717, 1.165) is 13.0 Å². The zero-order valence-corrected chi connectivity index (χ0v) is 16.0. The lowest BCUT2D eigenvalue weighted by molar-refractivity contribution is 0.103. The van der Waals surface area contributed by atoms with Crippen molar-refractivity contribution in [2.24, 2.45) is 0 Å². The summed E-state index contributed by atoms with van der Waals surface area (Å²) in [6.45, 7) is 5.57. The van der Waals surface area contributed by atoms with Crippen LogP contribution in [-0.2, 0) is 0 Å². The smallest absolute Gasteiger partial charge is 0.196 e. The Balaban J connectivity index is 1.97. The Morgan fingerprint density at radius 1 is 1.04 bits per heavy atom. The summed E-state index contributed by atoms with van der Waals surface area (Å²) in [5.74, 6) is 1.33. The van der Waals surface area contributed by atoms with Gasteiger partial charge in [-0.25, -0.2) is 4.98 Å². The Labute approximate surface area is 157 Å². The minimum absolute atomic E-state index is 0.0369. The van der Waals surface area contributed by atoms with Crippen molar-refractivity contribution < 1.29 is 9.53 Å². The number of hydrogen-bond acceptors (Lipinski definition) is 4. The van der Waals surface area contributed by atoms with Gasteiger partial charge in [-0.1, -0.05) is 51.2 Å². The number of carbonyl (C=O) groups excluding carboxylic acids is 1. The van der Waals surface area contributed by atoms with Gasteiger partial charge in [-0.2, -0.15) is 0 Å². The van der Waals surface area contributed by atoms with E-state index >= 15 is 0 Å². The molecule has 26 heavy (non-hydrogen) atoms. The van der Waals surface area contributed by atoms with E-state index in [1.165, 1.54) is 32.1 Å². The molecule has 0 fully saturated rings. The summed E-state index contributed by atoms with van der Waals surface area (Å²) in [7, 11) is 0. The molecule has 0 aliphatic carbocycles. The zero-order chi connectivity index (χ0) is 18.6. The molecule has 1 N–H and O–H groups in total. The summed E-state index contributed by atoms with van der Waals surface area (Å²) in [6, 6.07) is 10.9. The molecule has 4 heteroatoms. The summed E-state index contributed by atoms with van der Waals surface area (Å²) in [4.78, 5) is 17.3. The number of rotatable bonds is 12. The van der Waals surface area contributed by atoms with E-state index in [2.05, 4.69) is 17.2 Å². The molecule has 0 saturated heterocycles. The molecule has 0 aliphatic rings. The van der Waals surface area contributed by atoms with Crippen LogP contribution in [0.15, 0.2) is 42.6 Å². The molecule has 0 unspecified atom stereocenters. The standard InChI is InChI=1S/C22H30N2O2/c1-3-5-6-7-8-9-15-23-22-20(14-11-16-24-22)21(25)18-12-10-13-19(17-18)26-4-2/h10-14,16-17H,3-9,15H2,1-2H3,(H,23,24). The predicted molar refractivity (Wildman–Crippen MR) is 107 cm³/mol. The summed E-state index contributed by atoms with van der Waals surface area (Å²) >= 11 is 0. The Hall–Kier alpha value is -2.36. The van der Waals surface area contributed by atoms with Crippen molar-refractivity contribution in [2.45, 2.75) is 52.4 Å². The Kier molecular flexibility index (Phi) is 8.67. The van der Waals surface area contributed by atoms with Crippen molar-refractivity contribution in [3.63, 3.8) is 0 Å². The summed E-state index contributed by atoms with van der Waals surface area (Å²) < 4.78 is 5.50. The quantitative estimate of drug-likeness (QED) is 0.405. The number of nitrogens with one attached hydrogen (secondary N) is 1. The van der Waals surface area contributed by atoms with E-state index in [1.54, 1.807) is 18.3 Å². The molecule has 0 aliphatic heterocycles. The largest absolute Gasteiger partial charge is 0.494 e. The highest BCUT2D eigenvalue weighted by Gasteiger charge is 2.15. The number of hydrogen-bond donors (Lipinski definition) is 1. The van der Waals surface area contributed by atoms with Crippen molar-refractivity contribution in [2.75, 3.05) is 18.5 Å². The van der Waals surface area contributed by atoms with E-state index in [4.69, 9.17) is 4.74 Å². The van der Waals surface area contributed by atoms with Crippen LogP contribution < -0.4 is 10.1 Å². The fraction of sp³-hybridized carbons (Fsp3) is 0.455. The van der Waals surface area contributed by atoms with E-state index in [-0.39, 0.29) is 5.78 Å². The third-order valence-corrected chi connectivity index (χ3v) is 4.28. The van der Waals surface area contributed by atoms with Gasteiger partial charge in [0.15, 0.2) is 5.78 Å². The first kappa shape index (κ1) is 20.0. The molecular weight excluding hydrogens is 324 g/mol. The number of carbonyl (C=O) groups is 1. The van der Waals surface area contributed by atoms with Gasteiger partial charge in [0.25, 0.3) is 0 Å². The normalized spacial score (nSPS) is 10.5. The lowest BCUT2D eigenvalue weighted by Gasteiger charge is -2.11. The van der Waals surface area contributed by atoms with Crippen LogP contribution >= 0.6 is 0 Å². The van der Waals surface area contributed by atoms with Gasteiger partial charge >= 0.3 is 0 Å². The molecular formula is C22H30N2O2. The number of pyridine rings is 1. The van der Waals surface area contributed by atoms with Crippen LogP contribution in [-0.4, -0.2) is 23.9 Å². The molecule has 1 heterocycles. The SMILES string of the molecule is CCCCCCCCNc1ncccc1C(=O)c1cccc(OCC)c1. The molecule has 2 aromatic rings. The molecule has 1 aromatic heterocycles. The van der Waals surface area contributed by atoms with Crippen LogP contribution in [0.2, 0.25) is 0 Å². The monoisotopic (exact) mass is 354 g/mol. The van der Waals surface area contributed by atoms with Crippen LogP contribution in [0.3, 0.4) is 0 Å². The fourth-order valence-electron chi connectivity index (χ4n) is 2.89. The van der Waals surface area contributed by atoms with Crippen molar-refractivity contribution in [1.82, 2.24) is 4.98 Å². The third kappa shape index (κ3) is 6.17. The maximum absolute atomic E-state index is 12.9.